The topological polar surface area (TPSA) is 79.0 Å². The number of carbonyl (C=O) groups is 2. The first kappa shape index (κ1) is 22.8. The Bertz CT molecular complexity index is 1140. The van der Waals surface area contributed by atoms with Crippen LogP contribution in [-0.2, 0) is 35.3 Å². The predicted molar refractivity (Wildman–Crippen MR) is 131 cm³/mol. The maximum absolute atomic E-state index is 13.0. The van der Waals surface area contributed by atoms with Gasteiger partial charge in [-0.25, -0.2) is 0 Å². The molecule has 1 unspecified atom stereocenters. The third kappa shape index (κ3) is 4.79. The van der Waals surface area contributed by atoms with Gasteiger partial charge in [0.1, 0.15) is 18.4 Å². The van der Waals surface area contributed by atoms with E-state index in [4.69, 9.17) is 4.74 Å². The van der Waals surface area contributed by atoms with E-state index in [-0.39, 0.29) is 11.8 Å². The summed E-state index contributed by atoms with van der Waals surface area (Å²) >= 11 is 0. The molecule has 2 amide bonds. The lowest BCUT2D eigenvalue weighted by Gasteiger charge is -2.31. The summed E-state index contributed by atoms with van der Waals surface area (Å²) in [6.07, 6.45) is 1.26. The SMILES string of the molecule is C=C1CCC(N2Cc3c(OCc4ccc(CN5CCS(=O)CC5)cc4)cccc3C2=O)C(=O)N1. The Morgan fingerprint density at radius 2 is 1.79 bits per heavy atom. The number of benzene rings is 2. The normalized spacial score (nSPS) is 21.5. The maximum atomic E-state index is 13.0. The highest BCUT2D eigenvalue weighted by Gasteiger charge is 2.39. The van der Waals surface area contributed by atoms with Crippen LogP contribution >= 0.6 is 0 Å². The fourth-order valence-electron chi connectivity index (χ4n) is 4.77. The second-order valence-electron chi connectivity index (χ2n) is 9.09. The van der Waals surface area contributed by atoms with E-state index >= 15 is 0 Å². The molecule has 0 radical (unpaired) electrons. The number of amides is 2. The molecule has 2 aromatic carbocycles. The summed E-state index contributed by atoms with van der Waals surface area (Å²) in [6.45, 7) is 7.21. The highest BCUT2D eigenvalue weighted by molar-refractivity contribution is 7.85. The predicted octanol–water partition coefficient (Wildman–Crippen LogP) is 2.58. The summed E-state index contributed by atoms with van der Waals surface area (Å²) in [4.78, 5) is 29.4. The van der Waals surface area contributed by atoms with Gasteiger partial charge in [-0.1, -0.05) is 36.9 Å². The molecule has 178 valence electrons. The van der Waals surface area contributed by atoms with Crippen molar-refractivity contribution in [2.45, 2.75) is 38.6 Å². The Morgan fingerprint density at radius 3 is 2.53 bits per heavy atom. The smallest absolute Gasteiger partial charge is 0.255 e. The van der Waals surface area contributed by atoms with E-state index in [0.29, 0.717) is 43.0 Å². The van der Waals surface area contributed by atoms with Crippen molar-refractivity contribution in [2.75, 3.05) is 24.6 Å². The Hall–Kier alpha value is -2.97. The van der Waals surface area contributed by atoms with Crippen molar-refractivity contribution in [3.05, 3.63) is 77.0 Å². The van der Waals surface area contributed by atoms with Gasteiger partial charge in [0.2, 0.25) is 5.91 Å². The molecule has 3 heterocycles. The van der Waals surface area contributed by atoms with Crippen LogP contribution in [0, 0.1) is 0 Å². The number of fused-ring (bicyclic) bond motifs is 1. The zero-order chi connectivity index (χ0) is 23.7. The van der Waals surface area contributed by atoms with Gasteiger partial charge in [-0.05, 0) is 36.1 Å². The quantitative estimate of drug-likeness (QED) is 0.689. The summed E-state index contributed by atoms with van der Waals surface area (Å²) in [5.41, 5.74) is 4.42. The second-order valence-corrected chi connectivity index (χ2v) is 10.8. The van der Waals surface area contributed by atoms with Crippen molar-refractivity contribution in [1.82, 2.24) is 15.1 Å². The van der Waals surface area contributed by atoms with Crippen molar-refractivity contribution in [3.8, 4) is 5.75 Å². The molecule has 2 aromatic rings. The fraction of sp³-hybridized carbons (Fsp3) is 0.385. The van der Waals surface area contributed by atoms with Crippen molar-refractivity contribution in [2.24, 2.45) is 0 Å². The minimum atomic E-state index is -0.659. The molecule has 8 heteroatoms. The number of piperidine rings is 1. The lowest BCUT2D eigenvalue weighted by molar-refractivity contribution is -0.126. The van der Waals surface area contributed by atoms with Gasteiger partial charge in [-0.15, -0.1) is 0 Å². The molecule has 1 N–H and O–H groups in total. The van der Waals surface area contributed by atoms with Gasteiger partial charge in [0, 0.05) is 58.8 Å². The highest BCUT2D eigenvalue weighted by atomic mass is 32.2. The van der Waals surface area contributed by atoms with Gasteiger partial charge in [0.15, 0.2) is 0 Å². The Balaban J connectivity index is 1.22. The summed E-state index contributed by atoms with van der Waals surface area (Å²) in [6, 6.07) is 13.4. The average molecular weight is 480 g/mol. The first-order valence-electron chi connectivity index (χ1n) is 11.7. The number of nitrogens with one attached hydrogen (secondary N) is 1. The molecule has 2 saturated heterocycles. The standard InChI is InChI=1S/C26H29N3O4S/c1-18-5-10-23(25(30)27-18)29-16-22-21(26(29)31)3-2-4-24(22)33-17-20-8-6-19(7-9-20)15-28-11-13-34(32)14-12-28/h2-4,6-9,23H,1,5,10-17H2,(H,27,30). The minimum absolute atomic E-state index is 0.126. The zero-order valence-electron chi connectivity index (χ0n) is 19.1. The van der Waals surface area contributed by atoms with Crippen LogP contribution in [0.3, 0.4) is 0 Å². The van der Waals surface area contributed by atoms with Gasteiger partial charge in [0.25, 0.3) is 5.91 Å². The summed E-state index contributed by atoms with van der Waals surface area (Å²) in [5, 5.41) is 2.77. The maximum Gasteiger partial charge on any atom is 0.255 e. The molecule has 3 aliphatic rings. The fourth-order valence-corrected chi connectivity index (χ4v) is 5.89. The molecular weight excluding hydrogens is 450 g/mol. The molecular formula is C26H29N3O4S. The van der Waals surface area contributed by atoms with E-state index in [9.17, 15) is 13.8 Å². The summed E-state index contributed by atoms with van der Waals surface area (Å²) in [7, 11) is -0.659. The largest absolute Gasteiger partial charge is 0.489 e. The van der Waals surface area contributed by atoms with Gasteiger partial charge in [0.05, 0.1) is 6.54 Å². The van der Waals surface area contributed by atoms with Crippen LogP contribution < -0.4 is 10.1 Å². The lowest BCUT2D eigenvalue weighted by Crippen LogP contribution is -2.49. The van der Waals surface area contributed by atoms with E-state index in [1.54, 1.807) is 11.0 Å². The second kappa shape index (κ2) is 9.72. The Labute approximate surface area is 202 Å². The first-order chi connectivity index (χ1) is 16.5. The number of nitrogens with zero attached hydrogens (tertiary/aromatic N) is 2. The average Bonchev–Trinajstić information content (AvgIpc) is 3.17. The van der Waals surface area contributed by atoms with Crippen LogP contribution in [0.5, 0.6) is 5.75 Å². The van der Waals surface area contributed by atoms with Crippen molar-refractivity contribution < 1.29 is 18.5 Å². The number of carbonyl (C=O) groups excluding carboxylic acids is 2. The van der Waals surface area contributed by atoms with Gasteiger partial charge < -0.3 is 15.0 Å². The van der Waals surface area contributed by atoms with Gasteiger partial charge >= 0.3 is 0 Å². The Kier molecular flexibility index (Phi) is 6.52. The monoisotopic (exact) mass is 479 g/mol. The van der Waals surface area contributed by atoms with E-state index in [1.807, 2.05) is 12.1 Å². The molecule has 34 heavy (non-hydrogen) atoms. The molecule has 0 bridgehead atoms. The zero-order valence-corrected chi connectivity index (χ0v) is 19.9. The third-order valence-corrected chi connectivity index (χ3v) is 8.02. The highest BCUT2D eigenvalue weighted by Crippen LogP contribution is 2.34. The molecule has 7 nitrogen and oxygen atoms in total. The van der Waals surface area contributed by atoms with Crippen LogP contribution in [0.15, 0.2) is 54.7 Å². The van der Waals surface area contributed by atoms with Crippen LogP contribution in [-0.4, -0.2) is 56.5 Å². The summed E-state index contributed by atoms with van der Waals surface area (Å²) in [5.74, 6) is 1.90. The molecule has 0 aliphatic carbocycles. The van der Waals surface area contributed by atoms with E-state index in [2.05, 4.69) is 41.1 Å². The number of allylic oxidation sites excluding steroid dienone is 1. The van der Waals surface area contributed by atoms with Crippen LogP contribution in [0.4, 0.5) is 0 Å². The van der Waals surface area contributed by atoms with E-state index < -0.39 is 16.8 Å². The molecule has 0 saturated carbocycles. The van der Waals surface area contributed by atoms with Crippen LogP contribution in [0.25, 0.3) is 0 Å². The van der Waals surface area contributed by atoms with E-state index in [1.165, 1.54) is 5.56 Å². The van der Waals surface area contributed by atoms with Crippen molar-refractivity contribution in [1.29, 1.82) is 0 Å². The van der Waals surface area contributed by atoms with Crippen molar-refractivity contribution in [3.63, 3.8) is 0 Å². The van der Waals surface area contributed by atoms with Crippen LogP contribution in [0.2, 0.25) is 0 Å². The molecule has 0 aromatic heterocycles. The lowest BCUT2D eigenvalue weighted by atomic mass is 10.0. The molecule has 0 spiro atoms. The van der Waals surface area contributed by atoms with Gasteiger partial charge in [-0.3, -0.25) is 18.7 Å². The number of rotatable bonds is 6. The van der Waals surface area contributed by atoms with E-state index in [0.717, 1.165) is 42.3 Å². The molecule has 3 aliphatic heterocycles. The first-order valence-corrected chi connectivity index (χ1v) is 13.2. The molecule has 1 atom stereocenters. The summed E-state index contributed by atoms with van der Waals surface area (Å²) < 4.78 is 17.7. The number of hydrogen-bond acceptors (Lipinski definition) is 5. The van der Waals surface area contributed by atoms with Crippen LogP contribution in [0.1, 0.15) is 39.9 Å². The number of hydrogen-bond donors (Lipinski definition) is 1. The van der Waals surface area contributed by atoms with Crippen molar-refractivity contribution >= 4 is 22.6 Å². The number of ether oxygens (including phenoxy) is 1. The molecule has 2 fully saturated rings. The minimum Gasteiger partial charge on any atom is -0.489 e. The third-order valence-electron chi connectivity index (χ3n) is 6.75. The Morgan fingerprint density at radius 1 is 1.06 bits per heavy atom. The molecule has 5 rings (SSSR count). The van der Waals surface area contributed by atoms with Gasteiger partial charge in [-0.2, -0.15) is 0 Å².